The minimum atomic E-state index is -3.62. The standard InChI is InChI=1S/C24H33FN2O4S/c1-24(23(28)31-4,32(5,29)30)13-17-27-15-11-19(12-16-27)21-10-9-20(22(25)18-21)8-6-7-14-26(2)3/h9-11,18H,7,12-17H2,1-5H3. The number of carbonyl (C=O) groups excluding carboxylic acids is 1. The Labute approximate surface area is 191 Å². The van der Waals surface area contributed by atoms with Crippen LogP contribution in [0, 0.1) is 17.7 Å². The van der Waals surface area contributed by atoms with Gasteiger partial charge in [-0.1, -0.05) is 24.0 Å². The van der Waals surface area contributed by atoms with E-state index in [4.69, 9.17) is 4.74 Å². The summed E-state index contributed by atoms with van der Waals surface area (Å²) in [7, 11) is 1.52. The summed E-state index contributed by atoms with van der Waals surface area (Å²) >= 11 is 0. The van der Waals surface area contributed by atoms with Crippen molar-refractivity contribution < 1.29 is 22.3 Å². The van der Waals surface area contributed by atoms with E-state index in [1.807, 2.05) is 31.1 Å². The van der Waals surface area contributed by atoms with Crippen molar-refractivity contribution in [2.24, 2.45) is 0 Å². The van der Waals surface area contributed by atoms with Gasteiger partial charge in [0.25, 0.3) is 0 Å². The van der Waals surface area contributed by atoms with Gasteiger partial charge in [0.15, 0.2) is 14.6 Å². The van der Waals surface area contributed by atoms with E-state index in [2.05, 4.69) is 16.7 Å². The van der Waals surface area contributed by atoms with Crippen molar-refractivity contribution in [1.29, 1.82) is 0 Å². The number of rotatable bonds is 8. The number of ether oxygens (including phenoxy) is 1. The van der Waals surface area contributed by atoms with Crippen molar-refractivity contribution in [2.45, 2.75) is 30.9 Å². The first kappa shape index (κ1) is 26.0. The molecule has 1 aromatic rings. The van der Waals surface area contributed by atoms with Crippen LogP contribution in [0.15, 0.2) is 24.3 Å². The lowest BCUT2D eigenvalue weighted by molar-refractivity contribution is -0.143. The van der Waals surface area contributed by atoms with Gasteiger partial charge in [0.2, 0.25) is 0 Å². The molecule has 1 aromatic carbocycles. The highest BCUT2D eigenvalue weighted by Gasteiger charge is 2.44. The van der Waals surface area contributed by atoms with E-state index < -0.39 is 20.6 Å². The summed E-state index contributed by atoms with van der Waals surface area (Å²) in [4.78, 5) is 16.2. The molecule has 176 valence electrons. The largest absolute Gasteiger partial charge is 0.468 e. The molecule has 1 aliphatic rings. The second kappa shape index (κ2) is 11.1. The molecule has 1 heterocycles. The summed E-state index contributed by atoms with van der Waals surface area (Å²) in [5.41, 5.74) is 2.27. The summed E-state index contributed by atoms with van der Waals surface area (Å²) in [5.74, 6) is 4.82. The fourth-order valence-corrected chi connectivity index (χ4v) is 4.30. The normalized spacial score (nSPS) is 16.7. The van der Waals surface area contributed by atoms with Gasteiger partial charge in [0.05, 0.1) is 12.7 Å². The van der Waals surface area contributed by atoms with Crippen LogP contribution in [0.25, 0.3) is 5.57 Å². The molecule has 1 aliphatic heterocycles. The van der Waals surface area contributed by atoms with Crippen LogP contribution in [-0.4, -0.2) is 82.6 Å². The first-order chi connectivity index (χ1) is 15.0. The molecule has 0 N–H and O–H groups in total. The molecule has 0 aromatic heterocycles. The Morgan fingerprint density at radius 2 is 2.06 bits per heavy atom. The highest BCUT2D eigenvalue weighted by atomic mass is 32.2. The number of carbonyl (C=O) groups is 1. The number of hydrogen-bond acceptors (Lipinski definition) is 6. The van der Waals surface area contributed by atoms with E-state index in [9.17, 15) is 17.6 Å². The van der Waals surface area contributed by atoms with Crippen molar-refractivity contribution in [1.82, 2.24) is 9.80 Å². The highest BCUT2D eigenvalue weighted by Crippen LogP contribution is 2.27. The van der Waals surface area contributed by atoms with Gasteiger partial charge < -0.3 is 9.64 Å². The van der Waals surface area contributed by atoms with Crippen LogP contribution < -0.4 is 0 Å². The molecule has 0 radical (unpaired) electrons. The molecule has 6 nitrogen and oxygen atoms in total. The van der Waals surface area contributed by atoms with Crippen LogP contribution in [0.3, 0.4) is 0 Å². The van der Waals surface area contributed by atoms with E-state index in [1.54, 1.807) is 6.07 Å². The number of esters is 1. The van der Waals surface area contributed by atoms with Crippen LogP contribution in [0.5, 0.6) is 0 Å². The Bertz CT molecular complexity index is 1020. The molecule has 0 amide bonds. The maximum Gasteiger partial charge on any atom is 0.326 e. The van der Waals surface area contributed by atoms with E-state index in [0.29, 0.717) is 38.0 Å². The summed E-state index contributed by atoms with van der Waals surface area (Å²) in [6.45, 7) is 3.98. The van der Waals surface area contributed by atoms with Crippen molar-refractivity contribution in [3.05, 3.63) is 41.2 Å². The maximum atomic E-state index is 14.5. The molecule has 0 bridgehead atoms. The van der Waals surface area contributed by atoms with Crippen molar-refractivity contribution in [2.75, 3.05) is 53.6 Å². The van der Waals surface area contributed by atoms with Gasteiger partial charge in [-0.05, 0) is 57.1 Å². The smallest absolute Gasteiger partial charge is 0.326 e. The zero-order chi connectivity index (χ0) is 23.9. The summed E-state index contributed by atoms with van der Waals surface area (Å²) in [5, 5.41) is 0. The molecule has 1 unspecified atom stereocenters. The Balaban J connectivity index is 2.01. The molecule has 0 aliphatic carbocycles. The van der Waals surface area contributed by atoms with E-state index in [1.165, 1.54) is 20.1 Å². The lowest BCUT2D eigenvalue weighted by Gasteiger charge is -2.31. The van der Waals surface area contributed by atoms with Gasteiger partial charge in [-0.15, -0.1) is 0 Å². The second-order valence-corrected chi connectivity index (χ2v) is 11.0. The minimum absolute atomic E-state index is 0.150. The molecule has 0 saturated heterocycles. The van der Waals surface area contributed by atoms with Gasteiger partial charge in [-0.2, -0.15) is 0 Å². The monoisotopic (exact) mass is 464 g/mol. The van der Waals surface area contributed by atoms with Gasteiger partial charge >= 0.3 is 5.97 Å². The first-order valence-electron chi connectivity index (χ1n) is 10.6. The third-order valence-electron chi connectivity index (χ3n) is 5.88. The highest BCUT2D eigenvalue weighted by molar-refractivity contribution is 7.92. The number of sulfone groups is 1. The number of benzene rings is 1. The summed E-state index contributed by atoms with van der Waals surface area (Å²) < 4.78 is 42.0. The molecular formula is C24H33FN2O4S. The van der Waals surface area contributed by atoms with Crippen molar-refractivity contribution >= 4 is 21.4 Å². The molecule has 2 rings (SSSR count). The van der Waals surface area contributed by atoms with E-state index in [0.717, 1.165) is 23.9 Å². The Morgan fingerprint density at radius 1 is 1.34 bits per heavy atom. The molecular weight excluding hydrogens is 431 g/mol. The first-order valence-corrected chi connectivity index (χ1v) is 12.5. The van der Waals surface area contributed by atoms with Crippen LogP contribution in [0.2, 0.25) is 0 Å². The molecule has 0 saturated carbocycles. The molecule has 1 atom stereocenters. The van der Waals surface area contributed by atoms with E-state index in [-0.39, 0.29) is 12.2 Å². The van der Waals surface area contributed by atoms with Gasteiger partial charge in [-0.3, -0.25) is 9.69 Å². The Hall–Kier alpha value is -2.21. The predicted octanol–water partition coefficient (Wildman–Crippen LogP) is 2.58. The van der Waals surface area contributed by atoms with Crippen molar-refractivity contribution in [3.8, 4) is 11.8 Å². The third kappa shape index (κ3) is 6.64. The number of hydrogen-bond donors (Lipinski definition) is 0. The second-order valence-electron chi connectivity index (χ2n) is 8.57. The van der Waals surface area contributed by atoms with Crippen LogP contribution >= 0.6 is 0 Å². The zero-order valence-electron chi connectivity index (χ0n) is 19.6. The van der Waals surface area contributed by atoms with Gasteiger partial charge in [0, 0.05) is 38.9 Å². The quantitative estimate of drug-likeness (QED) is 0.435. The van der Waals surface area contributed by atoms with E-state index >= 15 is 0 Å². The van der Waals surface area contributed by atoms with Crippen LogP contribution in [0.4, 0.5) is 4.39 Å². The third-order valence-corrected chi connectivity index (χ3v) is 7.89. The fourth-order valence-electron chi connectivity index (χ4n) is 3.46. The van der Waals surface area contributed by atoms with Gasteiger partial charge in [-0.25, -0.2) is 12.8 Å². The average Bonchev–Trinajstić information content (AvgIpc) is 2.74. The van der Waals surface area contributed by atoms with Crippen LogP contribution in [0.1, 0.15) is 37.3 Å². The molecule has 0 spiro atoms. The number of halogens is 1. The molecule has 32 heavy (non-hydrogen) atoms. The van der Waals surface area contributed by atoms with Crippen molar-refractivity contribution in [3.63, 3.8) is 0 Å². The molecule has 0 fully saturated rings. The number of methoxy groups -OCH3 is 1. The zero-order valence-corrected chi connectivity index (χ0v) is 20.4. The summed E-state index contributed by atoms with van der Waals surface area (Å²) in [6, 6.07) is 5.13. The maximum absolute atomic E-state index is 14.5. The lowest BCUT2D eigenvalue weighted by atomic mass is 9.97. The summed E-state index contributed by atoms with van der Waals surface area (Å²) in [6.07, 6.45) is 4.63. The van der Waals surface area contributed by atoms with Gasteiger partial charge in [0.1, 0.15) is 5.82 Å². The predicted molar refractivity (Wildman–Crippen MR) is 125 cm³/mol. The van der Waals surface area contributed by atoms with Crippen LogP contribution in [-0.2, 0) is 19.4 Å². The minimum Gasteiger partial charge on any atom is -0.468 e. The SMILES string of the molecule is COC(=O)C(C)(CCN1CC=C(c2ccc(C#CCCN(C)C)c(F)c2)CC1)S(C)(=O)=O. The Morgan fingerprint density at radius 3 is 2.59 bits per heavy atom. The number of nitrogens with zero attached hydrogens (tertiary/aromatic N) is 2. The molecule has 8 heteroatoms. The fraction of sp³-hybridized carbons (Fsp3) is 0.542. The lowest BCUT2D eigenvalue weighted by Crippen LogP contribution is -2.46. The Kier molecular flexibility index (Phi) is 9.02. The average molecular weight is 465 g/mol. The topological polar surface area (TPSA) is 66.9 Å².